The molecule has 2 aromatic carbocycles. The van der Waals surface area contributed by atoms with Gasteiger partial charge in [-0.3, -0.25) is 4.79 Å². The fraction of sp³-hybridized carbons (Fsp3) is 0.211. The molecule has 0 spiro atoms. The second-order valence-electron chi connectivity index (χ2n) is 6.25. The molecule has 8 nitrogen and oxygen atoms in total. The first-order chi connectivity index (χ1) is 13.7. The van der Waals surface area contributed by atoms with E-state index in [1.54, 1.807) is 0 Å². The number of amides is 3. The molecule has 152 valence electrons. The summed E-state index contributed by atoms with van der Waals surface area (Å²) in [5.74, 6) is -0.569. The standard InChI is InChI=1S/C19H17F2N3O5/c1-19(12-4-6-13(7-5-12)29-17(20)21)16(26)24(18(27)23-19)22-10-11-3-8-14(25)15(9-11)28-2/h3-10,17,25H,1-2H3,(H,23,27)/b22-10+/t19-/m0/s1. The second kappa shape index (κ2) is 7.74. The molecule has 0 aliphatic carbocycles. The topological polar surface area (TPSA) is 100 Å². The number of urea groups is 1. The lowest BCUT2D eigenvalue weighted by atomic mass is 9.92. The van der Waals surface area contributed by atoms with Gasteiger partial charge in [0.05, 0.1) is 13.3 Å². The highest BCUT2D eigenvalue weighted by Gasteiger charge is 2.49. The molecule has 1 saturated heterocycles. The minimum Gasteiger partial charge on any atom is -0.504 e. The summed E-state index contributed by atoms with van der Waals surface area (Å²) in [6.07, 6.45) is 1.27. The van der Waals surface area contributed by atoms with E-state index in [2.05, 4.69) is 15.2 Å². The zero-order valence-corrected chi connectivity index (χ0v) is 15.4. The summed E-state index contributed by atoms with van der Waals surface area (Å²) < 4.78 is 33.8. The molecule has 10 heteroatoms. The summed E-state index contributed by atoms with van der Waals surface area (Å²) >= 11 is 0. The van der Waals surface area contributed by atoms with E-state index in [-0.39, 0.29) is 17.2 Å². The lowest BCUT2D eigenvalue weighted by molar-refractivity contribution is -0.131. The third kappa shape index (κ3) is 3.96. The third-order valence-electron chi connectivity index (χ3n) is 4.35. The number of phenolic OH excluding ortho intramolecular Hbond substituents is 1. The average Bonchev–Trinajstić information content (AvgIpc) is 2.90. The van der Waals surface area contributed by atoms with Crippen LogP contribution in [0.1, 0.15) is 18.1 Å². The molecule has 2 N–H and O–H groups in total. The van der Waals surface area contributed by atoms with Crippen LogP contribution in [0, 0.1) is 0 Å². The van der Waals surface area contributed by atoms with Crippen molar-refractivity contribution in [1.29, 1.82) is 0 Å². The molecule has 0 saturated carbocycles. The van der Waals surface area contributed by atoms with Crippen LogP contribution in [0.2, 0.25) is 0 Å². The van der Waals surface area contributed by atoms with Crippen LogP contribution in [-0.2, 0) is 10.3 Å². The predicted octanol–water partition coefficient (Wildman–Crippen LogP) is 2.80. The summed E-state index contributed by atoms with van der Waals surface area (Å²) in [5, 5.41) is 16.8. The van der Waals surface area contributed by atoms with Crippen molar-refractivity contribution in [2.75, 3.05) is 7.11 Å². The maximum Gasteiger partial charge on any atom is 0.387 e. The number of hydrogen-bond donors (Lipinski definition) is 2. The maximum absolute atomic E-state index is 12.8. The SMILES string of the molecule is COc1cc(/C=N/N2C(=O)N[C@@](C)(c3ccc(OC(F)F)cc3)C2=O)ccc1O. The number of halogens is 2. The van der Waals surface area contributed by atoms with Crippen LogP contribution in [0.5, 0.6) is 17.2 Å². The van der Waals surface area contributed by atoms with Crippen molar-refractivity contribution in [2.24, 2.45) is 5.10 Å². The van der Waals surface area contributed by atoms with E-state index < -0.39 is 24.1 Å². The second-order valence-corrected chi connectivity index (χ2v) is 6.25. The monoisotopic (exact) mass is 405 g/mol. The first-order valence-corrected chi connectivity index (χ1v) is 8.37. The van der Waals surface area contributed by atoms with Crippen molar-refractivity contribution >= 4 is 18.2 Å². The molecule has 0 unspecified atom stereocenters. The van der Waals surface area contributed by atoms with Gasteiger partial charge in [0.1, 0.15) is 11.3 Å². The molecule has 0 radical (unpaired) electrons. The van der Waals surface area contributed by atoms with Gasteiger partial charge in [0.15, 0.2) is 11.5 Å². The molecular weight excluding hydrogens is 388 g/mol. The van der Waals surface area contributed by atoms with Crippen LogP contribution in [0.15, 0.2) is 47.6 Å². The van der Waals surface area contributed by atoms with Gasteiger partial charge >= 0.3 is 12.6 Å². The van der Waals surface area contributed by atoms with Crippen molar-refractivity contribution in [1.82, 2.24) is 10.3 Å². The van der Waals surface area contributed by atoms with Crippen LogP contribution in [0.3, 0.4) is 0 Å². The molecular formula is C19H17F2N3O5. The van der Waals surface area contributed by atoms with Gasteiger partial charge in [0, 0.05) is 0 Å². The van der Waals surface area contributed by atoms with Crippen molar-refractivity contribution in [3.05, 3.63) is 53.6 Å². The van der Waals surface area contributed by atoms with Gasteiger partial charge in [0.25, 0.3) is 5.91 Å². The Balaban J connectivity index is 1.81. The summed E-state index contributed by atoms with van der Waals surface area (Å²) in [6, 6.07) is 9.04. The Kier molecular flexibility index (Phi) is 5.35. The number of hydrogen-bond acceptors (Lipinski definition) is 6. The molecule has 1 heterocycles. The molecule has 1 aliphatic heterocycles. The molecule has 1 aliphatic rings. The first-order valence-electron chi connectivity index (χ1n) is 8.37. The highest BCUT2D eigenvalue weighted by Crippen LogP contribution is 2.31. The van der Waals surface area contributed by atoms with Crippen LogP contribution in [0.4, 0.5) is 13.6 Å². The Hall–Kier alpha value is -3.69. The molecule has 1 atom stereocenters. The predicted molar refractivity (Wildman–Crippen MR) is 98.1 cm³/mol. The number of nitrogens with one attached hydrogen (secondary N) is 1. The van der Waals surface area contributed by atoms with Crippen molar-refractivity contribution < 1.29 is 33.0 Å². The lowest BCUT2D eigenvalue weighted by Gasteiger charge is -2.21. The molecule has 29 heavy (non-hydrogen) atoms. The normalized spacial score (nSPS) is 19.1. The lowest BCUT2D eigenvalue weighted by Crippen LogP contribution is -2.40. The van der Waals surface area contributed by atoms with Crippen molar-refractivity contribution in [3.8, 4) is 17.2 Å². The van der Waals surface area contributed by atoms with Crippen LogP contribution in [0.25, 0.3) is 0 Å². The van der Waals surface area contributed by atoms with E-state index in [1.165, 1.54) is 62.7 Å². The van der Waals surface area contributed by atoms with Crippen molar-refractivity contribution in [2.45, 2.75) is 19.1 Å². The summed E-state index contributed by atoms with van der Waals surface area (Å²) in [6.45, 7) is -1.48. The van der Waals surface area contributed by atoms with Crippen LogP contribution in [-0.4, -0.2) is 42.0 Å². The number of ether oxygens (including phenoxy) is 2. The van der Waals surface area contributed by atoms with Gasteiger partial charge in [0.2, 0.25) is 0 Å². The number of imide groups is 1. The number of carbonyl (C=O) groups is 2. The van der Waals surface area contributed by atoms with Crippen LogP contribution >= 0.6 is 0 Å². The Morgan fingerprint density at radius 1 is 1.21 bits per heavy atom. The van der Waals surface area contributed by atoms with Gasteiger partial charge in [-0.2, -0.15) is 13.9 Å². The maximum atomic E-state index is 12.8. The number of nitrogens with zero attached hydrogens (tertiary/aromatic N) is 2. The van der Waals surface area contributed by atoms with Gasteiger partial charge < -0.3 is 19.9 Å². The highest BCUT2D eigenvalue weighted by atomic mass is 19.3. The number of carbonyl (C=O) groups excluding carboxylic acids is 2. The summed E-state index contributed by atoms with van der Waals surface area (Å²) in [5.41, 5.74) is -0.562. The van der Waals surface area contributed by atoms with Gasteiger partial charge in [-0.1, -0.05) is 12.1 Å². The first kappa shape index (κ1) is 20.1. The quantitative estimate of drug-likeness (QED) is 0.569. The van der Waals surface area contributed by atoms with E-state index in [9.17, 15) is 23.5 Å². The Labute approximate surface area is 164 Å². The molecule has 1 fully saturated rings. The Morgan fingerprint density at radius 2 is 1.90 bits per heavy atom. The van der Waals surface area contributed by atoms with E-state index in [1.807, 2.05) is 0 Å². The van der Waals surface area contributed by atoms with E-state index >= 15 is 0 Å². The molecule has 2 aromatic rings. The highest BCUT2D eigenvalue weighted by molar-refractivity contribution is 6.07. The number of rotatable bonds is 6. The molecule has 3 amide bonds. The summed E-state index contributed by atoms with van der Waals surface area (Å²) in [7, 11) is 1.39. The van der Waals surface area contributed by atoms with E-state index in [0.29, 0.717) is 16.1 Å². The average molecular weight is 405 g/mol. The fourth-order valence-electron chi connectivity index (χ4n) is 2.79. The number of aromatic hydroxyl groups is 1. The molecule has 0 aromatic heterocycles. The number of methoxy groups -OCH3 is 1. The number of benzene rings is 2. The molecule has 3 rings (SSSR count). The zero-order chi connectivity index (χ0) is 21.2. The smallest absolute Gasteiger partial charge is 0.387 e. The minimum absolute atomic E-state index is 0.0634. The fourth-order valence-corrected chi connectivity index (χ4v) is 2.79. The van der Waals surface area contributed by atoms with E-state index in [4.69, 9.17) is 4.74 Å². The largest absolute Gasteiger partial charge is 0.504 e. The van der Waals surface area contributed by atoms with Crippen molar-refractivity contribution in [3.63, 3.8) is 0 Å². The summed E-state index contributed by atoms with van der Waals surface area (Å²) in [4.78, 5) is 25.1. The van der Waals surface area contributed by atoms with Crippen LogP contribution < -0.4 is 14.8 Å². The Morgan fingerprint density at radius 3 is 2.52 bits per heavy atom. The minimum atomic E-state index is -2.97. The third-order valence-corrected chi connectivity index (χ3v) is 4.35. The van der Waals surface area contributed by atoms with E-state index in [0.717, 1.165) is 0 Å². The number of phenols is 1. The molecule has 0 bridgehead atoms. The van der Waals surface area contributed by atoms with Gasteiger partial charge in [-0.25, -0.2) is 4.79 Å². The van der Waals surface area contributed by atoms with Gasteiger partial charge in [-0.05, 0) is 48.4 Å². The van der Waals surface area contributed by atoms with Gasteiger partial charge in [-0.15, -0.1) is 5.01 Å². The number of hydrazone groups is 1. The zero-order valence-electron chi connectivity index (χ0n) is 15.4. The number of alkyl halides is 2. The Bertz CT molecular complexity index is 965.